The fourth-order valence-corrected chi connectivity index (χ4v) is 6.38. The zero-order valence-electron chi connectivity index (χ0n) is 19.6. The Morgan fingerprint density at radius 3 is 2.53 bits per heavy atom. The Labute approximate surface area is 211 Å². The van der Waals surface area contributed by atoms with Crippen molar-refractivity contribution < 1.29 is 4.79 Å². The van der Waals surface area contributed by atoms with Gasteiger partial charge in [0, 0.05) is 49.7 Å². The van der Waals surface area contributed by atoms with Gasteiger partial charge in [0.25, 0.3) is 0 Å². The van der Waals surface area contributed by atoms with E-state index in [9.17, 15) is 4.79 Å². The minimum Gasteiger partial charge on any atom is -0.356 e. The van der Waals surface area contributed by atoms with Crippen molar-refractivity contribution in [2.75, 3.05) is 44.2 Å². The van der Waals surface area contributed by atoms with E-state index in [2.05, 4.69) is 39.4 Å². The summed E-state index contributed by atoms with van der Waals surface area (Å²) in [6.45, 7) is 6.16. The van der Waals surface area contributed by atoms with E-state index in [-0.39, 0.29) is 5.91 Å². The monoisotopic (exact) mass is 496 g/mol. The summed E-state index contributed by atoms with van der Waals surface area (Å²) >= 11 is 7.55. The molecule has 1 amide bonds. The van der Waals surface area contributed by atoms with Crippen molar-refractivity contribution in [3.8, 4) is 0 Å². The van der Waals surface area contributed by atoms with Crippen LogP contribution in [0.1, 0.15) is 31.2 Å². The Hall–Kier alpha value is -2.15. The molecule has 3 aromatic rings. The van der Waals surface area contributed by atoms with Gasteiger partial charge in [-0.2, -0.15) is 4.37 Å². The van der Waals surface area contributed by atoms with Gasteiger partial charge in [0.2, 0.25) is 5.91 Å². The van der Waals surface area contributed by atoms with E-state index in [0.29, 0.717) is 23.3 Å². The van der Waals surface area contributed by atoms with E-state index in [4.69, 9.17) is 16.0 Å². The summed E-state index contributed by atoms with van der Waals surface area (Å²) in [7, 11) is 0. The second kappa shape index (κ2) is 11.1. The highest BCUT2D eigenvalue weighted by Crippen LogP contribution is 2.32. The number of anilines is 1. The number of hydrogen-bond acceptors (Lipinski definition) is 5. The summed E-state index contributed by atoms with van der Waals surface area (Å²) in [5.74, 6) is 2.50. The maximum Gasteiger partial charge on any atom is 0.224 e. The number of nitrogens with zero attached hydrogens (tertiary/aromatic N) is 3. The third kappa shape index (κ3) is 5.73. The number of piperazine rings is 1. The summed E-state index contributed by atoms with van der Waals surface area (Å²) in [4.78, 5) is 17.6. The highest BCUT2D eigenvalue weighted by molar-refractivity contribution is 7.13. The van der Waals surface area contributed by atoms with Crippen molar-refractivity contribution in [2.24, 2.45) is 11.8 Å². The molecule has 34 heavy (non-hydrogen) atoms. The van der Waals surface area contributed by atoms with Crippen LogP contribution in [0.25, 0.3) is 10.1 Å². The number of nitrogens with one attached hydrogen (secondary N) is 1. The van der Waals surface area contributed by atoms with Gasteiger partial charge in [0.05, 0.1) is 11.1 Å². The van der Waals surface area contributed by atoms with Gasteiger partial charge in [-0.1, -0.05) is 48.7 Å². The average Bonchev–Trinajstić information content (AvgIpc) is 3.30. The molecule has 1 saturated carbocycles. The molecule has 2 atom stereocenters. The molecule has 0 bridgehead atoms. The van der Waals surface area contributed by atoms with Crippen LogP contribution >= 0.6 is 23.1 Å². The number of rotatable bonds is 7. The molecule has 1 aromatic heterocycles. The van der Waals surface area contributed by atoms with Crippen molar-refractivity contribution in [3.63, 3.8) is 0 Å². The lowest BCUT2D eigenvalue weighted by atomic mass is 9.78. The number of halogens is 1. The van der Waals surface area contributed by atoms with Crippen LogP contribution in [0.3, 0.4) is 0 Å². The zero-order valence-corrected chi connectivity index (χ0v) is 21.2. The third-order valence-electron chi connectivity index (χ3n) is 7.43. The largest absolute Gasteiger partial charge is 0.356 e. The van der Waals surface area contributed by atoms with Crippen LogP contribution in [0.4, 0.5) is 5.82 Å². The molecular formula is C27H33ClN4OS. The molecule has 1 aliphatic carbocycles. The molecule has 7 heteroatoms. The first kappa shape index (κ1) is 23.6. The van der Waals surface area contributed by atoms with Gasteiger partial charge < -0.3 is 10.2 Å². The van der Waals surface area contributed by atoms with Crippen molar-refractivity contribution in [2.45, 2.75) is 32.1 Å². The molecule has 5 rings (SSSR count). The highest BCUT2D eigenvalue weighted by atomic mass is 35.5. The van der Waals surface area contributed by atoms with Crippen molar-refractivity contribution >= 4 is 44.9 Å². The van der Waals surface area contributed by atoms with E-state index < -0.39 is 0 Å². The second-order valence-corrected chi connectivity index (χ2v) is 10.9. The van der Waals surface area contributed by atoms with Crippen molar-refractivity contribution in [1.82, 2.24) is 14.6 Å². The first-order valence-corrected chi connectivity index (χ1v) is 13.6. The van der Waals surface area contributed by atoms with Crippen LogP contribution in [0.5, 0.6) is 0 Å². The van der Waals surface area contributed by atoms with E-state index in [1.807, 2.05) is 24.3 Å². The minimum atomic E-state index is 0.107. The van der Waals surface area contributed by atoms with Crippen LogP contribution < -0.4 is 10.2 Å². The van der Waals surface area contributed by atoms with E-state index in [0.717, 1.165) is 50.6 Å². The maximum absolute atomic E-state index is 12.5. The quantitative estimate of drug-likeness (QED) is 0.486. The molecule has 2 fully saturated rings. The molecule has 2 heterocycles. The van der Waals surface area contributed by atoms with Crippen LogP contribution in [-0.4, -0.2) is 54.4 Å². The zero-order chi connectivity index (χ0) is 23.3. The van der Waals surface area contributed by atoms with Gasteiger partial charge in [-0.15, -0.1) is 0 Å². The summed E-state index contributed by atoms with van der Waals surface area (Å²) in [5.41, 5.74) is 1.01. The standard InChI is InChI=1S/C27H33ClN4OS/c28-23-11-9-20(10-12-23)17-26(33)29-18-21-5-1-2-6-22(21)19-31-13-15-32(16-14-31)27-24-7-3-4-8-25(24)34-30-27/h3-4,7-12,21-22H,1-2,5-6,13-19H2,(H,29,33)/t21-,22+/m0/s1. The molecule has 0 radical (unpaired) electrons. The average molecular weight is 497 g/mol. The van der Waals surface area contributed by atoms with Gasteiger partial charge >= 0.3 is 0 Å². The highest BCUT2D eigenvalue weighted by Gasteiger charge is 2.29. The second-order valence-electron chi connectivity index (χ2n) is 9.70. The number of benzene rings is 2. The number of carbonyl (C=O) groups is 1. The Morgan fingerprint density at radius 1 is 1.00 bits per heavy atom. The lowest BCUT2D eigenvalue weighted by Crippen LogP contribution is -2.49. The smallest absolute Gasteiger partial charge is 0.224 e. The number of amides is 1. The van der Waals surface area contributed by atoms with Gasteiger partial charge in [0.15, 0.2) is 0 Å². The van der Waals surface area contributed by atoms with Crippen molar-refractivity contribution in [3.05, 3.63) is 59.1 Å². The van der Waals surface area contributed by atoms with Crippen LogP contribution in [-0.2, 0) is 11.2 Å². The Balaban J connectivity index is 1.11. The first-order valence-electron chi connectivity index (χ1n) is 12.5. The summed E-state index contributed by atoms with van der Waals surface area (Å²) in [6.07, 6.45) is 5.50. The van der Waals surface area contributed by atoms with E-state index in [1.165, 1.54) is 35.8 Å². The molecule has 2 aromatic carbocycles. The Morgan fingerprint density at radius 2 is 1.74 bits per heavy atom. The van der Waals surface area contributed by atoms with Crippen LogP contribution in [0.2, 0.25) is 5.02 Å². The van der Waals surface area contributed by atoms with Gasteiger partial charge in [-0.3, -0.25) is 9.69 Å². The molecule has 2 aliphatic rings. The minimum absolute atomic E-state index is 0.107. The molecule has 0 spiro atoms. The van der Waals surface area contributed by atoms with Crippen LogP contribution in [0, 0.1) is 11.8 Å². The topological polar surface area (TPSA) is 48.5 Å². The lowest BCUT2D eigenvalue weighted by molar-refractivity contribution is -0.120. The maximum atomic E-state index is 12.5. The summed E-state index contributed by atoms with van der Waals surface area (Å²) in [5, 5.41) is 5.20. The first-order chi connectivity index (χ1) is 16.7. The van der Waals surface area contributed by atoms with Gasteiger partial charge in [-0.25, -0.2) is 0 Å². The molecule has 1 aliphatic heterocycles. The fraction of sp³-hybridized carbons (Fsp3) is 0.481. The summed E-state index contributed by atoms with van der Waals surface area (Å²) in [6, 6.07) is 16.1. The molecule has 180 valence electrons. The van der Waals surface area contributed by atoms with Gasteiger partial charge in [0.1, 0.15) is 5.82 Å². The number of hydrogen-bond donors (Lipinski definition) is 1. The van der Waals surface area contributed by atoms with Gasteiger partial charge in [-0.05, 0) is 66.0 Å². The van der Waals surface area contributed by atoms with Crippen molar-refractivity contribution in [1.29, 1.82) is 0 Å². The molecule has 1 saturated heterocycles. The Bertz CT molecular complexity index is 1090. The Kier molecular flexibility index (Phi) is 7.67. The predicted molar refractivity (Wildman–Crippen MR) is 142 cm³/mol. The van der Waals surface area contributed by atoms with Crippen LogP contribution in [0.15, 0.2) is 48.5 Å². The molecule has 1 N–H and O–H groups in total. The fourth-order valence-electron chi connectivity index (χ4n) is 5.46. The predicted octanol–water partition coefficient (Wildman–Crippen LogP) is 5.24. The number of fused-ring (bicyclic) bond motifs is 1. The lowest BCUT2D eigenvalue weighted by Gasteiger charge is -2.40. The SMILES string of the molecule is O=C(Cc1ccc(Cl)cc1)NC[C@@H]1CCCC[C@@H]1CN1CCN(c2nsc3ccccc23)CC1. The molecular weight excluding hydrogens is 464 g/mol. The van der Waals surface area contributed by atoms with E-state index in [1.54, 1.807) is 11.5 Å². The number of aromatic nitrogens is 1. The molecule has 5 nitrogen and oxygen atoms in total. The molecule has 0 unspecified atom stereocenters. The van der Waals surface area contributed by atoms with E-state index >= 15 is 0 Å². The third-order valence-corrected chi connectivity index (χ3v) is 8.50. The normalized spacial score (nSPS) is 21.6. The summed E-state index contributed by atoms with van der Waals surface area (Å²) < 4.78 is 6.02. The number of carbonyl (C=O) groups excluding carboxylic acids is 1.